The summed E-state index contributed by atoms with van der Waals surface area (Å²) in [5, 5.41) is 8.83. The van der Waals surface area contributed by atoms with Crippen LogP contribution < -0.4 is 10.5 Å². The molecule has 0 saturated heterocycles. The summed E-state index contributed by atoms with van der Waals surface area (Å²) in [6.45, 7) is 0. The maximum Gasteiger partial charge on any atom is 0.307 e. The van der Waals surface area contributed by atoms with Gasteiger partial charge in [0.25, 0.3) is 0 Å². The Labute approximate surface area is 127 Å². The molecule has 0 atom stereocenters. The van der Waals surface area contributed by atoms with Gasteiger partial charge in [-0.25, -0.2) is 0 Å². The van der Waals surface area contributed by atoms with Crippen molar-refractivity contribution in [1.82, 2.24) is 0 Å². The molecule has 0 spiro atoms. The highest BCUT2D eigenvalue weighted by Crippen LogP contribution is 2.29. The molecule has 0 bridgehead atoms. The second-order valence-corrected chi connectivity index (χ2v) is 5.60. The summed E-state index contributed by atoms with van der Waals surface area (Å²) in [5.74, 6) is 0.752. The molecule has 0 aromatic heterocycles. The molecule has 4 nitrogen and oxygen atoms in total. The van der Waals surface area contributed by atoms with E-state index in [-0.39, 0.29) is 6.42 Å². The van der Waals surface area contributed by atoms with E-state index in [0.29, 0.717) is 5.69 Å². The number of methoxy groups -OCH3 is 1. The molecular weight excluding hydrogens is 286 g/mol. The predicted octanol–water partition coefficient (Wildman–Crippen LogP) is 3.20. The smallest absolute Gasteiger partial charge is 0.307 e. The van der Waals surface area contributed by atoms with E-state index in [9.17, 15) is 4.79 Å². The molecule has 0 radical (unpaired) electrons. The Bertz CT molecular complexity index is 626. The fraction of sp³-hybridized carbons (Fsp3) is 0.188. The molecule has 0 unspecified atom stereocenters. The third-order valence-corrected chi connectivity index (χ3v) is 4.13. The van der Waals surface area contributed by atoms with Crippen molar-refractivity contribution >= 4 is 23.4 Å². The summed E-state index contributed by atoms with van der Waals surface area (Å²) in [4.78, 5) is 11.7. The number of ether oxygens (including phenoxy) is 1. The van der Waals surface area contributed by atoms with Gasteiger partial charge in [-0.15, -0.1) is 11.8 Å². The Morgan fingerprint density at radius 3 is 2.48 bits per heavy atom. The van der Waals surface area contributed by atoms with E-state index < -0.39 is 5.97 Å². The van der Waals surface area contributed by atoms with Gasteiger partial charge in [-0.2, -0.15) is 0 Å². The molecule has 0 aliphatic carbocycles. The van der Waals surface area contributed by atoms with Gasteiger partial charge in [-0.05, 0) is 35.4 Å². The van der Waals surface area contributed by atoms with Gasteiger partial charge in [0.1, 0.15) is 5.75 Å². The number of carboxylic acids is 1. The zero-order valence-electron chi connectivity index (χ0n) is 11.7. The standard InChI is InChI=1S/C16H17NO3S/c1-20-13-5-2-11(3-6-13)10-21-15-8-12(9-16(18)19)4-7-14(15)17/h2-8H,9-10,17H2,1H3,(H,18,19). The van der Waals surface area contributed by atoms with Gasteiger partial charge in [-0.1, -0.05) is 18.2 Å². The van der Waals surface area contributed by atoms with E-state index in [1.807, 2.05) is 30.3 Å². The van der Waals surface area contributed by atoms with Crippen LogP contribution in [0.4, 0.5) is 5.69 Å². The quantitative estimate of drug-likeness (QED) is 0.633. The van der Waals surface area contributed by atoms with E-state index in [1.54, 1.807) is 31.0 Å². The number of nitrogen functional groups attached to an aromatic ring is 1. The summed E-state index contributed by atoms with van der Waals surface area (Å²) in [6, 6.07) is 13.2. The van der Waals surface area contributed by atoms with Crippen molar-refractivity contribution in [3.8, 4) is 5.75 Å². The highest BCUT2D eigenvalue weighted by Gasteiger charge is 2.06. The molecule has 2 aromatic carbocycles. The monoisotopic (exact) mass is 303 g/mol. The summed E-state index contributed by atoms with van der Waals surface area (Å²) < 4.78 is 5.12. The number of rotatable bonds is 6. The third-order valence-electron chi connectivity index (χ3n) is 2.99. The first-order chi connectivity index (χ1) is 10.1. The van der Waals surface area contributed by atoms with Gasteiger partial charge in [0.05, 0.1) is 13.5 Å². The van der Waals surface area contributed by atoms with Crippen LogP contribution in [-0.4, -0.2) is 18.2 Å². The minimum absolute atomic E-state index is 0.0103. The fourth-order valence-corrected chi connectivity index (χ4v) is 2.86. The Hall–Kier alpha value is -2.14. The normalized spacial score (nSPS) is 10.3. The van der Waals surface area contributed by atoms with Gasteiger partial charge in [-0.3, -0.25) is 4.79 Å². The maximum absolute atomic E-state index is 10.8. The molecule has 110 valence electrons. The van der Waals surface area contributed by atoms with Gasteiger partial charge in [0.15, 0.2) is 0 Å². The van der Waals surface area contributed by atoms with Crippen LogP contribution in [0.2, 0.25) is 0 Å². The van der Waals surface area contributed by atoms with Crippen molar-refractivity contribution in [3.05, 3.63) is 53.6 Å². The SMILES string of the molecule is COc1ccc(CSc2cc(CC(=O)O)ccc2N)cc1. The molecule has 0 amide bonds. The average Bonchev–Trinajstić information content (AvgIpc) is 2.48. The van der Waals surface area contributed by atoms with Crippen molar-refractivity contribution in [1.29, 1.82) is 0 Å². The number of nitrogens with two attached hydrogens (primary N) is 1. The number of anilines is 1. The topological polar surface area (TPSA) is 72.5 Å². The molecule has 2 aromatic rings. The number of thioether (sulfide) groups is 1. The van der Waals surface area contributed by atoms with E-state index in [4.69, 9.17) is 15.6 Å². The van der Waals surface area contributed by atoms with Crippen molar-refractivity contribution in [2.24, 2.45) is 0 Å². The molecule has 0 aliphatic rings. The van der Waals surface area contributed by atoms with Crippen LogP contribution in [-0.2, 0) is 17.0 Å². The zero-order valence-corrected chi connectivity index (χ0v) is 12.5. The van der Waals surface area contributed by atoms with Crippen LogP contribution in [0.5, 0.6) is 5.75 Å². The van der Waals surface area contributed by atoms with Crippen LogP contribution in [0.15, 0.2) is 47.4 Å². The lowest BCUT2D eigenvalue weighted by molar-refractivity contribution is -0.136. The number of carbonyl (C=O) groups is 1. The summed E-state index contributed by atoms with van der Waals surface area (Å²) in [5.41, 5.74) is 8.53. The highest BCUT2D eigenvalue weighted by atomic mass is 32.2. The van der Waals surface area contributed by atoms with Crippen molar-refractivity contribution < 1.29 is 14.6 Å². The van der Waals surface area contributed by atoms with E-state index in [0.717, 1.165) is 27.5 Å². The maximum atomic E-state index is 10.8. The Kier molecular flexibility index (Phi) is 5.11. The number of hydrogen-bond acceptors (Lipinski definition) is 4. The molecule has 0 saturated carbocycles. The van der Waals surface area contributed by atoms with Crippen molar-refractivity contribution in [2.75, 3.05) is 12.8 Å². The minimum Gasteiger partial charge on any atom is -0.497 e. The second kappa shape index (κ2) is 7.04. The van der Waals surface area contributed by atoms with Crippen LogP contribution in [0, 0.1) is 0 Å². The molecular formula is C16H17NO3S. The molecule has 3 N–H and O–H groups in total. The van der Waals surface area contributed by atoms with Crippen LogP contribution in [0.25, 0.3) is 0 Å². The predicted molar refractivity (Wildman–Crippen MR) is 84.7 cm³/mol. The number of benzene rings is 2. The van der Waals surface area contributed by atoms with Gasteiger partial charge in [0.2, 0.25) is 0 Å². The summed E-state index contributed by atoms with van der Waals surface area (Å²) >= 11 is 1.60. The van der Waals surface area contributed by atoms with Crippen LogP contribution in [0.1, 0.15) is 11.1 Å². The minimum atomic E-state index is -0.842. The van der Waals surface area contributed by atoms with Crippen molar-refractivity contribution in [2.45, 2.75) is 17.1 Å². The van der Waals surface area contributed by atoms with Crippen molar-refractivity contribution in [3.63, 3.8) is 0 Å². The lowest BCUT2D eigenvalue weighted by Crippen LogP contribution is -2.01. The first-order valence-corrected chi connectivity index (χ1v) is 7.43. The second-order valence-electron chi connectivity index (χ2n) is 4.58. The Balaban J connectivity index is 2.05. The lowest BCUT2D eigenvalue weighted by atomic mass is 10.1. The molecule has 21 heavy (non-hydrogen) atoms. The molecule has 2 rings (SSSR count). The molecule has 5 heteroatoms. The molecule has 0 fully saturated rings. The first kappa shape index (κ1) is 15.3. The average molecular weight is 303 g/mol. The van der Waals surface area contributed by atoms with Crippen LogP contribution >= 0.6 is 11.8 Å². The highest BCUT2D eigenvalue weighted by molar-refractivity contribution is 7.98. The Morgan fingerprint density at radius 1 is 1.19 bits per heavy atom. The number of carboxylic acid groups (broad SMARTS) is 1. The van der Waals surface area contributed by atoms with Gasteiger partial charge >= 0.3 is 5.97 Å². The number of aliphatic carboxylic acids is 1. The summed E-state index contributed by atoms with van der Waals surface area (Å²) in [6.07, 6.45) is 0.0103. The third kappa shape index (κ3) is 4.43. The van der Waals surface area contributed by atoms with E-state index in [2.05, 4.69) is 0 Å². The van der Waals surface area contributed by atoms with Crippen LogP contribution in [0.3, 0.4) is 0 Å². The molecule has 0 heterocycles. The van der Waals surface area contributed by atoms with Gasteiger partial charge in [0, 0.05) is 16.3 Å². The lowest BCUT2D eigenvalue weighted by Gasteiger charge is -2.08. The first-order valence-electron chi connectivity index (χ1n) is 6.44. The Morgan fingerprint density at radius 2 is 1.86 bits per heavy atom. The number of hydrogen-bond donors (Lipinski definition) is 2. The van der Waals surface area contributed by atoms with E-state index >= 15 is 0 Å². The summed E-state index contributed by atoms with van der Waals surface area (Å²) in [7, 11) is 1.64. The van der Waals surface area contributed by atoms with Gasteiger partial charge < -0.3 is 15.6 Å². The van der Waals surface area contributed by atoms with E-state index in [1.165, 1.54) is 0 Å². The molecule has 0 aliphatic heterocycles. The zero-order chi connectivity index (χ0) is 15.2. The fourth-order valence-electron chi connectivity index (χ4n) is 1.87. The largest absolute Gasteiger partial charge is 0.497 e.